The van der Waals surface area contributed by atoms with Crippen molar-refractivity contribution in [2.24, 2.45) is 5.84 Å². The van der Waals surface area contributed by atoms with Crippen molar-refractivity contribution in [2.75, 3.05) is 10.7 Å². The molecule has 0 amide bonds. The van der Waals surface area contributed by atoms with Crippen molar-refractivity contribution >= 4 is 11.6 Å². The van der Waals surface area contributed by atoms with E-state index in [0.717, 1.165) is 23.3 Å². The minimum absolute atomic E-state index is 0.0567. The molecular weight excluding hydrogens is 283 g/mol. The van der Waals surface area contributed by atoms with E-state index in [1.54, 1.807) is 18.5 Å². The van der Waals surface area contributed by atoms with E-state index in [1.807, 2.05) is 6.92 Å². The predicted molar refractivity (Wildman–Crippen MR) is 73.3 cm³/mol. The maximum atomic E-state index is 12.8. The smallest absolute Gasteiger partial charge is 0.366 e. The number of anilines is 2. The molecule has 0 saturated carbocycles. The van der Waals surface area contributed by atoms with Gasteiger partial charge in [-0.3, -0.25) is 4.98 Å². The number of nitrogens with two attached hydrogens (primary N) is 1. The van der Waals surface area contributed by atoms with Crippen LogP contribution in [0.2, 0.25) is 0 Å². The molecule has 2 rings (SSSR count). The van der Waals surface area contributed by atoms with Crippen LogP contribution < -0.4 is 16.6 Å². The number of hydrogen-bond donors (Lipinski definition) is 3. The first-order valence-electron chi connectivity index (χ1n) is 6.09. The third-order valence-electron chi connectivity index (χ3n) is 2.90. The Morgan fingerprint density at radius 1 is 1.24 bits per heavy atom. The van der Waals surface area contributed by atoms with E-state index in [9.17, 15) is 13.2 Å². The lowest BCUT2D eigenvalue weighted by molar-refractivity contribution is -0.137. The molecule has 21 heavy (non-hydrogen) atoms. The second kappa shape index (κ2) is 5.96. The number of aryl methyl sites for hydroxylation is 1. The molecule has 0 unspecified atom stereocenters. The van der Waals surface area contributed by atoms with Crippen molar-refractivity contribution in [3.05, 3.63) is 47.3 Å². The highest BCUT2D eigenvalue weighted by Gasteiger charge is 2.31. The largest absolute Gasteiger partial charge is 0.416 e. The topological polar surface area (TPSA) is 75.9 Å². The molecular formula is C13H14F3N5. The summed E-state index contributed by atoms with van der Waals surface area (Å²) in [5, 5.41) is 2.85. The highest BCUT2D eigenvalue weighted by Crippen LogP contribution is 2.32. The fourth-order valence-electron chi connectivity index (χ4n) is 1.75. The Balaban J connectivity index is 2.22. The molecule has 0 radical (unpaired) electrons. The first-order chi connectivity index (χ1) is 9.90. The molecule has 112 valence electrons. The second-order valence-corrected chi connectivity index (χ2v) is 4.42. The molecule has 0 aliphatic carbocycles. The summed E-state index contributed by atoms with van der Waals surface area (Å²) in [4.78, 5) is 7.90. The van der Waals surface area contributed by atoms with Gasteiger partial charge in [0.15, 0.2) is 0 Å². The Hall–Kier alpha value is -2.35. The van der Waals surface area contributed by atoms with Gasteiger partial charge in [-0.05, 0) is 36.2 Å². The molecule has 2 aromatic rings. The summed E-state index contributed by atoms with van der Waals surface area (Å²) < 4.78 is 38.3. The summed E-state index contributed by atoms with van der Waals surface area (Å²) in [6.45, 7) is 2.21. The van der Waals surface area contributed by atoms with E-state index < -0.39 is 11.7 Å². The van der Waals surface area contributed by atoms with E-state index in [4.69, 9.17) is 5.84 Å². The van der Waals surface area contributed by atoms with Gasteiger partial charge in [0.05, 0.1) is 5.56 Å². The van der Waals surface area contributed by atoms with E-state index in [1.165, 1.54) is 0 Å². The molecule has 2 heterocycles. The van der Waals surface area contributed by atoms with Crippen LogP contribution in [-0.4, -0.2) is 9.97 Å². The number of halogens is 3. The fraction of sp³-hybridized carbons (Fsp3) is 0.231. The van der Waals surface area contributed by atoms with E-state index >= 15 is 0 Å². The van der Waals surface area contributed by atoms with Gasteiger partial charge in [0.1, 0.15) is 11.6 Å². The fourth-order valence-corrected chi connectivity index (χ4v) is 1.75. The molecule has 0 saturated heterocycles. The number of pyridine rings is 2. The molecule has 0 aliphatic rings. The zero-order chi connectivity index (χ0) is 15.5. The first-order valence-corrected chi connectivity index (χ1v) is 6.09. The Kier molecular flexibility index (Phi) is 4.27. The maximum absolute atomic E-state index is 12.8. The molecule has 0 bridgehead atoms. The SMILES string of the molecule is Cc1cnccc1CNc1cc(C(F)(F)F)cc(NN)n1. The van der Waals surface area contributed by atoms with Crippen molar-refractivity contribution in [3.8, 4) is 0 Å². The minimum Gasteiger partial charge on any atom is -0.366 e. The van der Waals surface area contributed by atoms with Gasteiger partial charge in [-0.15, -0.1) is 0 Å². The average Bonchev–Trinajstić information content (AvgIpc) is 2.45. The van der Waals surface area contributed by atoms with Gasteiger partial charge >= 0.3 is 6.18 Å². The van der Waals surface area contributed by atoms with Crippen LogP contribution in [0.4, 0.5) is 24.8 Å². The van der Waals surface area contributed by atoms with Gasteiger partial charge in [-0.1, -0.05) is 0 Å². The summed E-state index contributed by atoms with van der Waals surface area (Å²) in [6, 6.07) is 3.58. The third kappa shape index (κ3) is 3.82. The van der Waals surface area contributed by atoms with Crippen molar-refractivity contribution in [1.82, 2.24) is 9.97 Å². The second-order valence-electron chi connectivity index (χ2n) is 4.42. The summed E-state index contributed by atoms with van der Waals surface area (Å²) in [5.41, 5.74) is 3.17. The summed E-state index contributed by atoms with van der Waals surface area (Å²) in [6.07, 6.45) is -1.16. The average molecular weight is 297 g/mol. The van der Waals surface area contributed by atoms with Crippen LogP contribution in [0.15, 0.2) is 30.6 Å². The molecule has 0 aromatic carbocycles. The Bertz CT molecular complexity index is 627. The van der Waals surface area contributed by atoms with Crippen LogP contribution in [0.3, 0.4) is 0 Å². The first kappa shape index (κ1) is 15.0. The van der Waals surface area contributed by atoms with E-state index in [2.05, 4.69) is 20.7 Å². The molecule has 4 N–H and O–H groups in total. The van der Waals surface area contributed by atoms with E-state index in [-0.39, 0.29) is 11.6 Å². The number of alkyl halides is 3. The van der Waals surface area contributed by atoms with Gasteiger partial charge in [0, 0.05) is 18.9 Å². The third-order valence-corrected chi connectivity index (χ3v) is 2.90. The van der Waals surface area contributed by atoms with Gasteiger partial charge in [-0.25, -0.2) is 10.8 Å². The molecule has 0 aliphatic heterocycles. The molecule has 0 atom stereocenters. The van der Waals surface area contributed by atoms with Crippen LogP contribution in [0.1, 0.15) is 16.7 Å². The molecule has 5 nitrogen and oxygen atoms in total. The van der Waals surface area contributed by atoms with Gasteiger partial charge in [-0.2, -0.15) is 13.2 Å². The molecule has 2 aromatic heterocycles. The van der Waals surface area contributed by atoms with Crippen molar-refractivity contribution in [3.63, 3.8) is 0 Å². The molecule has 0 spiro atoms. The number of hydrazine groups is 1. The normalized spacial score (nSPS) is 11.3. The lowest BCUT2D eigenvalue weighted by atomic mass is 10.1. The molecule has 0 fully saturated rings. The monoisotopic (exact) mass is 297 g/mol. The van der Waals surface area contributed by atoms with Crippen LogP contribution in [0.25, 0.3) is 0 Å². The summed E-state index contributed by atoms with van der Waals surface area (Å²) in [5.74, 6) is 5.18. The highest BCUT2D eigenvalue weighted by molar-refractivity contribution is 5.49. The van der Waals surface area contributed by atoms with Crippen LogP contribution in [-0.2, 0) is 12.7 Å². The van der Waals surface area contributed by atoms with Crippen molar-refractivity contribution in [2.45, 2.75) is 19.6 Å². The van der Waals surface area contributed by atoms with Crippen molar-refractivity contribution in [1.29, 1.82) is 0 Å². The van der Waals surface area contributed by atoms with Crippen LogP contribution in [0, 0.1) is 6.92 Å². The maximum Gasteiger partial charge on any atom is 0.416 e. The van der Waals surface area contributed by atoms with Crippen LogP contribution >= 0.6 is 0 Å². The highest BCUT2D eigenvalue weighted by atomic mass is 19.4. The van der Waals surface area contributed by atoms with Gasteiger partial charge < -0.3 is 10.7 Å². The number of aromatic nitrogens is 2. The van der Waals surface area contributed by atoms with Gasteiger partial charge in [0.2, 0.25) is 0 Å². The predicted octanol–water partition coefficient (Wildman–Crippen LogP) is 2.70. The Morgan fingerprint density at radius 2 is 1.95 bits per heavy atom. The summed E-state index contributed by atoms with van der Waals surface area (Å²) in [7, 11) is 0. The number of rotatable bonds is 4. The lowest BCUT2D eigenvalue weighted by Gasteiger charge is -2.13. The molecule has 8 heteroatoms. The number of nitrogens with zero attached hydrogens (tertiary/aromatic N) is 2. The number of hydrogen-bond acceptors (Lipinski definition) is 5. The van der Waals surface area contributed by atoms with E-state index in [0.29, 0.717) is 6.54 Å². The van der Waals surface area contributed by atoms with Crippen LogP contribution in [0.5, 0.6) is 0 Å². The quantitative estimate of drug-likeness (QED) is 0.597. The van der Waals surface area contributed by atoms with Crippen molar-refractivity contribution < 1.29 is 13.2 Å². The zero-order valence-corrected chi connectivity index (χ0v) is 11.2. The zero-order valence-electron chi connectivity index (χ0n) is 11.2. The number of nitrogens with one attached hydrogen (secondary N) is 2. The lowest BCUT2D eigenvalue weighted by Crippen LogP contribution is -2.14. The summed E-state index contributed by atoms with van der Waals surface area (Å²) >= 11 is 0. The Labute approximate surface area is 119 Å². The Morgan fingerprint density at radius 3 is 2.57 bits per heavy atom. The minimum atomic E-state index is -4.46. The number of nitrogen functional groups attached to an aromatic ring is 1. The standard InChI is InChI=1S/C13H14F3N5/c1-8-6-18-3-2-9(8)7-19-11-4-10(13(14,15)16)5-12(20-11)21-17/h2-6H,7,17H2,1H3,(H2,19,20,21). The van der Waals surface area contributed by atoms with Gasteiger partial charge in [0.25, 0.3) is 0 Å².